The zero-order valence-electron chi connectivity index (χ0n) is 11.2. The maximum atomic E-state index is 13.2. The smallest absolute Gasteiger partial charge is 0.308 e. The number of rotatable bonds is 7. The lowest BCUT2D eigenvalue weighted by atomic mass is 9.95. The molecule has 112 valence electrons. The first-order valence-electron chi connectivity index (χ1n) is 6.47. The van der Waals surface area contributed by atoms with Crippen LogP contribution in [0.1, 0.15) is 37.7 Å². The van der Waals surface area contributed by atoms with Gasteiger partial charge in [-0.3, -0.25) is 4.79 Å². The Labute approximate surface area is 128 Å². The van der Waals surface area contributed by atoms with Crippen LogP contribution in [0.5, 0.6) is 0 Å². The summed E-state index contributed by atoms with van der Waals surface area (Å²) in [5, 5.41) is 0.872. The maximum absolute atomic E-state index is 13.2. The Hall–Kier alpha value is -0.840. The van der Waals surface area contributed by atoms with Crippen molar-refractivity contribution in [2.24, 2.45) is 5.73 Å². The van der Waals surface area contributed by atoms with Crippen LogP contribution >= 0.6 is 23.2 Å². The highest BCUT2D eigenvalue weighted by atomic mass is 35.5. The van der Waals surface area contributed by atoms with Crippen LogP contribution in [0.4, 0.5) is 4.39 Å². The Morgan fingerprint density at radius 3 is 2.50 bits per heavy atom. The van der Waals surface area contributed by atoms with Crippen LogP contribution in [-0.2, 0) is 9.53 Å². The zero-order chi connectivity index (χ0) is 15.1. The van der Waals surface area contributed by atoms with Crippen LogP contribution in [0.15, 0.2) is 18.2 Å². The summed E-state index contributed by atoms with van der Waals surface area (Å²) in [5.41, 5.74) is 6.26. The number of hydrogen-bond acceptors (Lipinski definition) is 3. The van der Waals surface area contributed by atoms with Gasteiger partial charge in [0.25, 0.3) is 0 Å². The van der Waals surface area contributed by atoms with Crippen molar-refractivity contribution in [1.29, 1.82) is 0 Å². The minimum Gasteiger partial charge on any atom is -0.431 e. The van der Waals surface area contributed by atoms with E-state index in [0.29, 0.717) is 22.0 Å². The highest BCUT2D eigenvalue weighted by Gasteiger charge is 2.22. The Kier molecular flexibility index (Phi) is 7.27. The molecule has 0 aromatic heterocycles. The molecule has 6 heteroatoms. The summed E-state index contributed by atoms with van der Waals surface area (Å²) in [6.45, 7) is 1.98. The molecule has 0 spiro atoms. The molecule has 2 N–H and O–H groups in total. The fraction of sp³-hybridized carbons (Fsp3) is 0.500. The molecule has 0 aliphatic heterocycles. The van der Waals surface area contributed by atoms with E-state index in [2.05, 4.69) is 4.74 Å². The van der Waals surface area contributed by atoms with Crippen molar-refractivity contribution in [2.75, 3.05) is 6.54 Å². The second kappa shape index (κ2) is 8.45. The van der Waals surface area contributed by atoms with Crippen molar-refractivity contribution in [1.82, 2.24) is 0 Å². The lowest BCUT2D eigenvalue weighted by Crippen LogP contribution is -2.21. The third kappa shape index (κ3) is 4.93. The molecular formula is C14H18Cl2FNO2. The summed E-state index contributed by atoms with van der Waals surface area (Å²) in [6.07, 6.45) is -0.839. The van der Waals surface area contributed by atoms with E-state index in [1.165, 1.54) is 0 Å². The highest BCUT2D eigenvalue weighted by molar-refractivity contribution is 6.36. The number of nitrogens with two attached hydrogens (primary N) is 1. The number of ether oxygens (including phenoxy) is 1. The quantitative estimate of drug-likeness (QED) is 0.770. The van der Waals surface area contributed by atoms with Crippen LogP contribution < -0.4 is 5.73 Å². The van der Waals surface area contributed by atoms with Crippen molar-refractivity contribution in [3.8, 4) is 0 Å². The summed E-state index contributed by atoms with van der Waals surface area (Å²) < 4.78 is 17.9. The molecule has 20 heavy (non-hydrogen) atoms. The van der Waals surface area contributed by atoms with E-state index < -0.39 is 18.2 Å². The topological polar surface area (TPSA) is 52.3 Å². The summed E-state index contributed by atoms with van der Waals surface area (Å²) in [6, 6.07) is 5.05. The fourth-order valence-corrected chi connectivity index (χ4v) is 2.59. The van der Waals surface area contributed by atoms with Gasteiger partial charge in [0.2, 0.25) is 6.36 Å². The number of carbonyl (C=O) groups excluding carboxylic acids is 1. The molecule has 0 fully saturated rings. The number of carbonyl (C=O) groups is 1. The molecule has 0 radical (unpaired) electrons. The minimum absolute atomic E-state index is 0.0515. The Bertz CT molecular complexity index is 437. The zero-order valence-corrected chi connectivity index (χ0v) is 12.8. The number of alkyl halides is 1. The molecule has 2 unspecified atom stereocenters. The number of esters is 1. The molecule has 0 saturated carbocycles. The first-order valence-corrected chi connectivity index (χ1v) is 7.22. The average molecular weight is 322 g/mol. The highest BCUT2D eigenvalue weighted by Crippen LogP contribution is 2.33. The van der Waals surface area contributed by atoms with Crippen LogP contribution in [0.2, 0.25) is 10.0 Å². The van der Waals surface area contributed by atoms with Gasteiger partial charge in [0, 0.05) is 22.4 Å². The number of hydrogen-bond donors (Lipinski definition) is 1. The van der Waals surface area contributed by atoms with Crippen LogP contribution in [-0.4, -0.2) is 18.9 Å². The van der Waals surface area contributed by atoms with Gasteiger partial charge >= 0.3 is 5.97 Å². The fourth-order valence-electron chi connectivity index (χ4n) is 1.88. The van der Waals surface area contributed by atoms with Gasteiger partial charge in [-0.2, -0.15) is 0 Å². The second-order valence-corrected chi connectivity index (χ2v) is 5.28. The molecule has 0 amide bonds. The Morgan fingerprint density at radius 2 is 2.00 bits per heavy atom. The van der Waals surface area contributed by atoms with Crippen LogP contribution in [0.3, 0.4) is 0 Å². The number of benzene rings is 1. The second-order valence-electron chi connectivity index (χ2n) is 4.46. The van der Waals surface area contributed by atoms with E-state index in [4.69, 9.17) is 28.9 Å². The molecule has 1 aromatic rings. The predicted molar refractivity (Wildman–Crippen MR) is 78.8 cm³/mol. The number of halogens is 3. The first kappa shape index (κ1) is 17.2. The molecule has 1 aromatic carbocycles. The van der Waals surface area contributed by atoms with Crippen molar-refractivity contribution in [2.45, 2.75) is 38.5 Å². The van der Waals surface area contributed by atoms with E-state index >= 15 is 0 Å². The molecule has 2 atom stereocenters. The molecule has 0 aliphatic rings. The van der Waals surface area contributed by atoms with Crippen LogP contribution in [0.25, 0.3) is 0 Å². The molecule has 0 bridgehead atoms. The van der Waals surface area contributed by atoms with Crippen molar-refractivity contribution < 1.29 is 13.9 Å². The molecule has 0 heterocycles. The van der Waals surface area contributed by atoms with Gasteiger partial charge in [-0.25, -0.2) is 4.39 Å². The average Bonchev–Trinajstić information content (AvgIpc) is 2.37. The summed E-state index contributed by atoms with van der Waals surface area (Å²) >= 11 is 12.2. The van der Waals surface area contributed by atoms with E-state index in [0.717, 1.165) is 0 Å². The summed E-state index contributed by atoms with van der Waals surface area (Å²) in [4.78, 5) is 11.7. The molecule has 0 aliphatic carbocycles. The largest absolute Gasteiger partial charge is 0.431 e. The third-order valence-electron chi connectivity index (χ3n) is 2.88. The van der Waals surface area contributed by atoms with E-state index in [-0.39, 0.29) is 19.4 Å². The summed E-state index contributed by atoms with van der Waals surface area (Å²) in [5.74, 6) is -1.03. The lowest BCUT2D eigenvalue weighted by Gasteiger charge is -2.18. The van der Waals surface area contributed by atoms with Gasteiger partial charge in [-0.1, -0.05) is 36.2 Å². The Morgan fingerprint density at radius 1 is 1.40 bits per heavy atom. The third-order valence-corrected chi connectivity index (χ3v) is 3.54. The van der Waals surface area contributed by atoms with Gasteiger partial charge in [0.15, 0.2) is 0 Å². The molecule has 3 nitrogen and oxygen atoms in total. The van der Waals surface area contributed by atoms with E-state index in [1.54, 1.807) is 18.2 Å². The molecular weight excluding hydrogens is 304 g/mol. The van der Waals surface area contributed by atoms with Gasteiger partial charge in [0.1, 0.15) is 0 Å². The monoisotopic (exact) mass is 321 g/mol. The minimum atomic E-state index is -1.58. The molecule has 0 saturated heterocycles. The van der Waals surface area contributed by atoms with Gasteiger partial charge in [-0.05, 0) is 30.7 Å². The van der Waals surface area contributed by atoms with Crippen molar-refractivity contribution in [3.05, 3.63) is 33.8 Å². The lowest BCUT2D eigenvalue weighted by molar-refractivity contribution is -0.158. The Balaban J connectivity index is 2.75. The van der Waals surface area contributed by atoms with Gasteiger partial charge < -0.3 is 10.5 Å². The van der Waals surface area contributed by atoms with Crippen LogP contribution in [0, 0.1) is 0 Å². The predicted octanol–water partition coefficient (Wildman–Crippen LogP) is 4.06. The summed E-state index contributed by atoms with van der Waals surface area (Å²) in [7, 11) is 0. The molecule has 1 rings (SSSR count). The van der Waals surface area contributed by atoms with E-state index in [1.807, 2.05) is 6.92 Å². The van der Waals surface area contributed by atoms with Gasteiger partial charge in [-0.15, -0.1) is 0 Å². The SMILES string of the molecule is CCCC(F)OC(=O)CC(CN)c1c(Cl)cccc1Cl. The van der Waals surface area contributed by atoms with E-state index in [9.17, 15) is 9.18 Å². The normalized spacial score (nSPS) is 13.8. The standard InChI is InChI=1S/C14H18Cl2FNO2/c1-2-4-12(17)20-13(19)7-9(8-18)14-10(15)5-3-6-11(14)16/h3,5-6,9,12H,2,4,7-8,18H2,1H3. The van der Waals surface area contributed by atoms with Crippen molar-refractivity contribution >= 4 is 29.2 Å². The maximum Gasteiger partial charge on any atom is 0.308 e. The first-order chi connectivity index (χ1) is 9.49. The van der Waals surface area contributed by atoms with Crippen molar-refractivity contribution in [3.63, 3.8) is 0 Å². The van der Waals surface area contributed by atoms with Gasteiger partial charge in [0.05, 0.1) is 6.42 Å².